The summed E-state index contributed by atoms with van der Waals surface area (Å²) in [5.74, 6) is -0.474. The Kier molecular flexibility index (Phi) is 3.59. The lowest BCUT2D eigenvalue weighted by Gasteiger charge is -2.09. The first-order valence-corrected chi connectivity index (χ1v) is 5.63. The number of benzene rings is 1. The second kappa shape index (κ2) is 5.15. The normalized spacial score (nSPS) is 10.3. The number of aromatic nitrogens is 1. The Morgan fingerprint density at radius 1 is 1.29 bits per heavy atom. The number of aryl methyl sites for hydroxylation is 1. The molecule has 0 bridgehead atoms. The second-order valence-electron chi connectivity index (χ2n) is 3.79. The third kappa shape index (κ3) is 3.17. The van der Waals surface area contributed by atoms with Crippen molar-refractivity contribution in [2.75, 3.05) is 5.32 Å². The summed E-state index contributed by atoms with van der Waals surface area (Å²) >= 11 is 5.88. The van der Waals surface area contributed by atoms with Crippen LogP contribution in [0.25, 0.3) is 0 Å². The van der Waals surface area contributed by atoms with Crippen LogP contribution in [0.2, 0.25) is 5.02 Å². The van der Waals surface area contributed by atoms with Crippen LogP contribution in [-0.4, -0.2) is 4.98 Å². The zero-order chi connectivity index (χ0) is 12.3. The Balaban J connectivity index is 2.04. The molecular weight excluding hydrogens is 239 g/mol. The monoisotopic (exact) mass is 250 g/mol. The van der Waals surface area contributed by atoms with Crippen LogP contribution in [0.5, 0.6) is 0 Å². The van der Waals surface area contributed by atoms with E-state index >= 15 is 0 Å². The highest BCUT2D eigenvalue weighted by molar-refractivity contribution is 6.30. The van der Waals surface area contributed by atoms with Gasteiger partial charge in [-0.05, 0) is 42.3 Å². The number of nitrogens with zero attached hydrogens (tertiary/aromatic N) is 1. The van der Waals surface area contributed by atoms with E-state index in [4.69, 9.17) is 11.6 Å². The summed E-state index contributed by atoms with van der Waals surface area (Å²) < 4.78 is 12.6. The Bertz CT molecular complexity index is 511. The lowest BCUT2D eigenvalue weighted by Crippen LogP contribution is -2.01. The Morgan fingerprint density at radius 3 is 2.76 bits per heavy atom. The fourth-order valence-electron chi connectivity index (χ4n) is 1.54. The molecule has 17 heavy (non-hydrogen) atoms. The van der Waals surface area contributed by atoms with E-state index in [1.54, 1.807) is 6.07 Å². The second-order valence-corrected chi connectivity index (χ2v) is 4.23. The molecule has 0 aliphatic heterocycles. The molecule has 1 heterocycles. The van der Waals surface area contributed by atoms with Gasteiger partial charge in [-0.3, -0.25) is 0 Å². The van der Waals surface area contributed by atoms with E-state index in [1.807, 2.05) is 25.1 Å². The predicted octanol–water partition coefficient (Wildman–Crippen LogP) is 3.79. The van der Waals surface area contributed by atoms with Gasteiger partial charge >= 0.3 is 0 Å². The van der Waals surface area contributed by atoms with Crippen LogP contribution >= 0.6 is 11.6 Å². The van der Waals surface area contributed by atoms with Crippen LogP contribution in [0.1, 0.15) is 11.1 Å². The van der Waals surface area contributed by atoms with Gasteiger partial charge in [0.15, 0.2) is 0 Å². The molecule has 2 nitrogen and oxygen atoms in total. The van der Waals surface area contributed by atoms with Gasteiger partial charge in [-0.1, -0.05) is 17.7 Å². The summed E-state index contributed by atoms with van der Waals surface area (Å²) in [6.45, 7) is 2.67. The summed E-state index contributed by atoms with van der Waals surface area (Å²) in [5.41, 5.74) is 3.07. The summed E-state index contributed by atoms with van der Waals surface area (Å²) in [7, 11) is 0. The molecule has 1 N–H and O–H groups in total. The van der Waals surface area contributed by atoms with Crippen LogP contribution in [0.3, 0.4) is 0 Å². The SMILES string of the molecule is Cc1cc(Cl)ccc1CNc1ccc(F)nc1. The van der Waals surface area contributed by atoms with E-state index in [1.165, 1.54) is 12.3 Å². The van der Waals surface area contributed by atoms with Crippen LogP contribution < -0.4 is 5.32 Å². The van der Waals surface area contributed by atoms with Crippen molar-refractivity contribution in [1.29, 1.82) is 0 Å². The molecule has 0 aliphatic carbocycles. The van der Waals surface area contributed by atoms with E-state index in [0.717, 1.165) is 21.8 Å². The number of anilines is 1. The van der Waals surface area contributed by atoms with Crippen LogP contribution in [0, 0.1) is 12.9 Å². The van der Waals surface area contributed by atoms with Crippen molar-refractivity contribution in [2.45, 2.75) is 13.5 Å². The minimum atomic E-state index is -0.474. The molecule has 0 radical (unpaired) electrons. The molecule has 88 valence electrons. The first-order chi connectivity index (χ1) is 8.15. The van der Waals surface area contributed by atoms with Gasteiger partial charge in [-0.25, -0.2) is 4.98 Å². The first-order valence-electron chi connectivity index (χ1n) is 5.25. The highest BCUT2D eigenvalue weighted by Crippen LogP contribution is 2.16. The number of hydrogen-bond donors (Lipinski definition) is 1. The summed E-state index contributed by atoms with van der Waals surface area (Å²) in [5, 5.41) is 3.91. The van der Waals surface area contributed by atoms with E-state index < -0.39 is 5.95 Å². The maximum absolute atomic E-state index is 12.6. The van der Waals surface area contributed by atoms with Crippen molar-refractivity contribution in [3.05, 3.63) is 58.6 Å². The molecule has 0 spiro atoms. The molecular formula is C13H12ClFN2. The van der Waals surface area contributed by atoms with Crippen molar-refractivity contribution in [3.63, 3.8) is 0 Å². The molecule has 0 atom stereocenters. The third-order valence-corrected chi connectivity index (χ3v) is 2.75. The van der Waals surface area contributed by atoms with Crippen molar-refractivity contribution >= 4 is 17.3 Å². The van der Waals surface area contributed by atoms with Gasteiger partial charge in [0.25, 0.3) is 0 Å². The maximum atomic E-state index is 12.6. The molecule has 0 saturated carbocycles. The average molecular weight is 251 g/mol. The van der Waals surface area contributed by atoms with Gasteiger partial charge in [0, 0.05) is 11.6 Å². The van der Waals surface area contributed by atoms with E-state index in [0.29, 0.717) is 6.54 Å². The van der Waals surface area contributed by atoms with Crippen molar-refractivity contribution in [3.8, 4) is 0 Å². The highest BCUT2D eigenvalue weighted by Gasteiger charge is 2.00. The highest BCUT2D eigenvalue weighted by atomic mass is 35.5. The summed E-state index contributed by atoms with van der Waals surface area (Å²) in [6, 6.07) is 8.74. The smallest absolute Gasteiger partial charge is 0.212 e. The van der Waals surface area contributed by atoms with Crippen LogP contribution in [0.4, 0.5) is 10.1 Å². The maximum Gasteiger partial charge on any atom is 0.212 e. The van der Waals surface area contributed by atoms with Crippen molar-refractivity contribution < 1.29 is 4.39 Å². The Hall–Kier alpha value is -1.61. The fraction of sp³-hybridized carbons (Fsp3) is 0.154. The molecule has 4 heteroatoms. The predicted molar refractivity (Wildman–Crippen MR) is 67.7 cm³/mol. The zero-order valence-corrected chi connectivity index (χ0v) is 10.1. The number of halogens is 2. The topological polar surface area (TPSA) is 24.9 Å². The first kappa shape index (κ1) is 11.9. The third-order valence-electron chi connectivity index (χ3n) is 2.51. The minimum absolute atomic E-state index is 0.474. The number of rotatable bonds is 3. The summed E-state index contributed by atoms with van der Waals surface area (Å²) in [4.78, 5) is 3.58. The van der Waals surface area contributed by atoms with Gasteiger partial charge in [-0.2, -0.15) is 4.39 Å². The lowest BCUT2D eigenvalue weighted by molar-refractivity contribution is 0.584. The van der Waals surface area contributed by atoms with E-state index in [-0.39, 0.29) is 0 Å². The van der Waals surface area contributed by atoms with Gasteiger partial charge in [0.1, 0.15) is 0 Å². The van der Waals surface area contributed by atoms with Crippen LogP contribution in [0.15, 0.2) is 36.5 Å². The van der Waals surface area contributed by atoms with E-state index in [2.05, 4.69) is 10.3 Å². The number of pyridine rings is 1. The van der Waals surface area contributed by atoms with Crippen LogP contribution in [-0.2, 0) is 6.54 Å². The van der Waals surface area contributed by atoms with Crippen molar-refractivity contribution in [2.24, 2.45) is 0 Å². The van der Waals surface area contributed by atoms with Gasteiger partial charge < -0.3 is 5.32 Å². The summed E-state index contributed by atoms with van der Waals surface area (Å²) in [6.07, 6.45) is 1.47. The Labute approximate surface area is 104 Å². The number of nitrogens with one attached hydrogen (secondary N) is 1. The van der Waals surface area contributed by atoms with Gasteiger partial charge in [0.05, 0.1) is 11.9 Å². The van der Waals surface area contributed by atoms with Gasteiger partial charge in [0.2, 0.25) is 5.95 Å². The quantitative estimate of drug-likeness (QED) is 0.839. The molecule has 1 aromatic carbocycles. The molecule has 0 amide bonds. The molecule has 0 fully saturated rings. The average Bonchev–Trinajstić information content (AvgIpc) is 2.30. The fourth-order valence-corrected chi connectivity index (χ4v) is 1.76. The standard InChI is InChI=1S/C13H12ClFN2/c1-9-6-11(14)3-2-10(9)7-16-12-4-5-13(15)17-8-12/h2-6,8,16H,7H2,1H3. The molecule has 2 aromatic rings. The number of hydrogen-bond acceptors (Lipinski definition) is 2. The molecule has 2 rings (SSSR count). The molecule has 1 aromatic heterocycles. The zero-order valence-electron chi connectivity index (χ0n) is 9.37. The lowest BCUT2D eigenvalue weighted by atomic mass is 10.1. The van der Waals surface area contributed by atoms with Crippen molar-refractivity contribution in [1.82, 2.24) is 4.98 Å². The van der Waals surface area contributed by atoms with Gasteiger partial charge in [-0.15, -0.1) is 0 Å². The Morgan fingerprint density at radius 2 is 2.12 bits per heavy atom. The largest absolute Gasteiger partial charge is 0.380 e. The van der Waals surface area contributed by atoms with E-state index in [9.17, 15) is 4.39 Å². The molecule has 0 aliphatic rings. The molecule has 0 unspecified atom stereocenters. The minimum Gasteiger partial charge on any atom is -0.380 e. The molecule has 0 saturated heterocycles.